The Morgan fingerprint density at radius 1 is 0.647 bits per heavy atom. The molecule has 2 heterocycles. The molecule has 2 aliphatic heterocycles. The first-order valence-electron chi connectivity index (χ1n) is 11.5. The van der Waals surface area contributed by atoms with Gasteiger partial charge in [0.05, 0.1) is 13.2 Å². The minimum Gasteiger partial charge on any atom is -0.491 e. The summed E-state index contributed by atoms with van der Waals surface area (Å²) in [6, 6.07) is 29.4. The zero-order valence-electron chi connectivity index (χ0n) is 18.6. The summed E-state index contributed by atoms with van der Waals surface area (Å²) in [4.78, 5) is 0. The van der Waals surface area contributed by atoms with Gasteiger partial charge in [0.25, 0.3) is 0 Å². The van der Waals surface area contributed by atoms with Gasteiger partial charge in [-0.15, -0.1) is 0 Å². The number of ether oxygens (including phenoxy) is 4. The van der Waals surface area contributed by atoms with Gasteiger partial charge >= 0.3 is 0 Å². The van der Waals surface area contributed by atoms with E-state index in [1.165, 1.54) is 0 Å². The van der Waals surface area contributed by atoms with Crippen molar-refractivity contribution in [2.75, 3.05) is 26.4 Å². The van der Waals surface area contributed by atoms with Crippen LogP contribution in [0.1, 0.15) is 0 Å². The summed E-state index contributed by atoms with van der Waals surface area (Å²) in [5.74, 6) is 1.49. The third-order valence-corrected chi connectivity index (χ3v) is 9.23. The van der Waals surface area contributed by atoms with Gasteiger partial charge in [-0.05, 0) is 65.4 Å². The van der Waals surface area contributed by atoms with Gasteiger partial charge in [-0.3, -0.25) is 0 Å². The zero-order chi connectivity index (χ0) is 23.0. The fourth-order valence-electron chi connectivity index (χ4n) is 4.03. The molecule has 2 saturated heterocycles. The van der Waals surface area contributed by atoms with E-state index < -0.39 is 7.14 Å². The highest BCUT2D eigenvalue weighted by molar-refractivity contribution is 7.85. The highest BCUT2D eigenvalue weighted by Crippen LogP contribution is 2.43. The molecule has 5 nitrogen and oxygen atoms in total. The fourth-order valence-corrected chi connectivity index (χ4v) is 6.67. The summed E-state index contributed by atoms with van der Waals surface area (Å²) in [6.07, 6.45) is 0.381. The van der Waals surface area contributed by atoms with Gasteiger partial charge in [-0.2, -0.15) is 0 Å². The topological polar surface area (TPSA) is 60.6 Å². The average Bonchev–Trinajstić information content (AvgIpc) is 3.82. The minimum absolute atomic E-state index is 0.190. The lowest BCUT2D eigenvalue weighted by molar-refractivity contribution is 0.263. The van der Waals surface area contributed by atoms with Gasteiger partial charge in [-0.25, -0.2) is 0 Å². The largest absolute Gasteiger partial charge is 0.491 e. The van der Waals surface area contributed by atoms with Crippen LogP contribution < -0.4 is 25.4 Å². The van der Waals surface area contributed by atoms with Crippen molar-refractivity contribution in [3.63, 3.8) is 0 Å². The predicted octanol–water partition coefficient (Wildman–Crippen LogP) is 4.03. The second kappa shape index (κ2) is 8.92. The van der Waals surface area contributed by atoms with Crippen molar-refractivity contribution in [2.45, 2.75) is 12.2 Å². The maximum atomic E-state index is 14.9. The Bertz CT molecular complexity index is 1280. The summed E-state index contributed by atoms with van der Waals surface area (Å²) in [6.45, 7) is 2.58. The molecule has 2 unspecified atom stereocenters. The maximum Gasteiger partial charge on any atom is 0.171 e. The molecule has 0 bridgehead atoms. The van der Waals surface area contributed by atoms with Crippen molar-refractivity contribution in [3.05, 3.63) is 91.0 Å². The van der Waals surface area contributed by atoms with E-state index in [0.717, 1.165) is 51.4 Å². The predicted molar refractivity (Wildman–Crippen MR) is 134 cm³/mol. The quantitative estimate of drug-likeness (QED) is 0.272. The van der Waals surface area contributed by atoms with Crippen LogP contribution in [0.5, 0.6) is 11.5 Å². The maximum absolute atomic E-state index is 14.9. The van der Waals surface area contributed by atoms with Crippen molar-refractivity contribution < 1.29 is 23.5 Å². The van der Waals surface area contributed by atoms with Gasteiger partial charge in [-0.1, -0.05) is 36.4 Å². The van der Waals surface area contributed by atoms with Crippen LogP contribution in [0.25, 0.3) is 10.8 Å². The van der Waals surface area contributed by atoms with E-state index in [0.29, 0.717) is 13.2 Å². The van der Waals surface area contributed by atoms with Crippen LogP contribution in [-0.4, -0.2) is 38.6 Å². The Morgan fingerprint density at radius 3 is 1.62 bits per heavy atom. The first-order chi connectivity index (χ1) is 16.7. The highest BCUT2D eigenvalue weighted by atomic mass is 31.2. The normalized spacial score (nSPS) is 20.5. The van der Waals surface area contributed by atoms with Crippen molar-refractivity contribution in [2.24, 2.45) is 0 Å². The van der Waals surface area contributed by atoms with E-state index in [1.807, 2.05) is 78.9 Å². The van der Waals surface area contributed by atoms with Crippen molar-refractivity contribution >= 4 is 33.8 Å². The third-order valence-electron chi connectivity index (χ3n) is 6.17. The van der Waals surface area contributed by atoms with E-state index in [9.17, 15) is 4.57 Å². The number of hydrogen-bond donors (Lipinski definition) is 0. The van der Waals surface area contributed by atoms with Crippen LogP contribution in [0, 0.1) is 0 Å². The lowest BCUT2D eigenvalue weighted by Crippen LogP contribution is -2.25. The Hall–Kier alpha value is -3.11. The standard InChI is InChI=1S/C28H25O5P/c29-34(28-10-5-20-3-1-2-4-21(20)15-28,26-11-6-22(7-12-26)30-16-24-18-32-24)27-13-8-23(9-14-27)31-17-25-19-33-25/h1-15,24-25H,16-19H2. The molecule has 0 spiro atoms. The smallest absolute Gasteiger partial charge is 0.171 e. The molecule has 172 valence electrons. The van der Waals surface area contributed by atoms with Crippen molar-refractivity contribution in [3.8, 4) is 11.5 Å². The molecule has 6 rings (SSSR count). The van der Waals surface area contributed by atoms with Crippen LogP contribution in [0.2, 0.25) is 0 Å². The van der Waals surface area contributed by atoms with Crippen LogP contribution in [0.3, 0.4) is 0 Å². The van der Waals surface area contributed by atoms with E-state index >= 15 is 0 Å². The number of rotatable bonds is 9. The summed E-state index contributed by atoms with van der Waals surface area (Å²) < 4.78 is 36.9. The Morgan fingerprint density at radius 2 is 1.12 bits per heavy atom. The molecule has 0 radical (unpaired) electrons. The molecule has 4 aromatic carbocycles. The number of fused-ring (bicyclic) bond motifs is 1. The first-order valence-corrected chi connectivity index (χ1v) is 13.2. The summed E-state index contributed by atoms with van der Waals surface area (Å²) in [5.41, 5.74) is 0. The molecule has 0 amide bonds. The molecule has 0 N–H and O–H groups in total. The summed E-state index contributed by atoms with van der Waals surface area (Å²) in [5, 5.41) is 4.51. The summed E-state index contributed by atoms with van der Waals surface area (Å²) in [7, 11) is -3.13. The average molecular weight is 472 g/mol. The monoisotopic (exact) mass is 472 g/mol. The third kappa shape index (κ3) is 4.47. The molecule has 2 fully saturated rings. The molecular formula is C28H25O5P. The SMILES string of the molecule is O=P(c1ccc(OCC2CO2)cc1)(c1ccc(OCC2CO2)cc1)c1ccc2ccccc2c1. The van der Waals surface area contributed by atoms with Gasteiger partial charge in [0.1, 0.15) is 36.9 Å². The Kier molecular flexibility index (Phi) is 5.62. The lowest BCUT2D eigenvalue weighted by atomic mass is 10.1. The number of hydrogen-bond acceptors (Lipinski definition) is 5. The van der Waals surface area contributed by atoms with Gasteiger partial charge in [0, 0.05) is 15.9 Å². The zero-order valence-corrected chi connectivity index (χ0v) is 19.5. The molecule has 34 heavy (non-hydrogen) atoms. The van der Waals surface area contributed by atoms with E-state index in [1.54, 1.807) is 0 Å². The number of benzene rings is 4. The minimum atomic E-state index is -3.13. The van der Waals surface area contributed by atoms with Crippen LogP contribution in [-0.2, 0) is 14.0 Å². The van der Waals surface area contributed by atoms with Gasteiger partial charge < -0.3 is 23.5 Å². The molecule has 0 aliphatic carbocycles. The van der Waals surface area contributed by atoms with E-state index in [-0.39, 0.29) is 12.2 Å². The van der Waals surface area contributed by atoms with Crippen LogP contribution in [0.4, 0.5) is 0 Å². The molecule has 4 aromatic rings. The molecule has 0 aromatic heterocycles. The molecule has 2 atom stereocenters. The second-order valence-corrected chi connectivity index (χ2v) is 11.4. The highest BCUT2D eigenvalue weighted by Gasteiger charge is 2.31. The lowest BCUT2D eigenvalue weighted by Gasteiger charge is -2.21. The van der Waals surface area contributed by atoms with Crippen LogP contribution >= 0.6 is 7.14 Å². The van der Waals surface area contributed by atoms with E-state index in [2.05, 4.69) is 12.1 Å². The van der Waals surface area contributed by atoms with Crippen molar-refractivity contribution in [1.82, 2.24) is 0 Å². The molecule has 0 saturated carbocycles. The molecule has 2 aliphatic rings. The Labute approximate surface area is 198 Å². The van der Waals surface area contributed by atoms with Crippen LogP contribution in [0.15, 0.2) is 91.0 Å². The number of epoxide rings is 2. The van der Waals surface area contributed by atoms with Crippen molar-refractivity contribution in [1.29, 1.82) is 0 Å². The van der Waals surface area contributed by atoms with E-state index in [4.69, 9.17) is 18.9 Å². The fraction of sp³-hybridized carbons (Fsp3) is 0.214. The van der Waals surface area contributed by atoms with Gasteiger partial charge in [0.2, 0.25) is 0 Å². The summed E-state index contributed by atoms with van der Waals surface area (Å²) >= 11 is 0. The Balaban J connectivity index is 1.37. The molecular weight excluding hydrogens is 447 g/mol. The first kappa shape index (κ1) is 21.4. The molecule has 6 heteroatoms. The van der Waals surface area contributed by atoms with Gasteiger partial charge in [0.15, 0.2) is 7.14 Å². The second-order valence-electron chi connectivity index (χ2n) is 8.66.